The summed E-state index contributed by atoms with van der Waals surface area (Å²) >= 11 is 0. The molecule has 0 aromatic carbocycles. The van der Waals surface area contributed by atoms with Crippen LogP contribution in [-0.4, -0.2) is 13.0 Å². The van der Waals surface area contributed by atoms with Crippen LogP contribution in [0.5, 0.6) is 0 Å². The van der Waals surface area contributed by atoms with Crippen molar-refractivity contribution >= 4 is 10.1 Å². The summed E-state index contributed by atoms with van der Waals surface area (Å²) in [6.45, 7) is 2.79. The van der Waals surface area contributed by atoms with Crippen molar-refractivity contribution in [1.82, 2.24) is 0 Å². The van der Waals surface area contributed by atoms with E-state index in [0.29, 0.717) is 0 Å². The van der Waals surface area contributed by atoms with Crippen LogP contribution in [0.3, 0.4) is 0 Å². The Bertz CT molecular complexity index is 400. The Labute approximate surface area is 83.9 Å². The molecule has 0 bridgehead atoms. The molecule has 0 saturated heterocycles. The molecule has 0 aliphatic carbocycles. The van der Waals surface area contributed by atoms with Gasteiger partial charge in [-0.15, -0.1) is 0 Å². The van der Waals surface area contributed by atoms with Crippen LogP contribution >= 0.6 is 0 Å². The van der Waals surface area contributed by atoms with Crippen molar-refractivity contribution in [3.8, 4) is 0 Å². The van der Waals surface area contributed by atoms with Crippen LogP contribution in [-0.2, 0) is 16.7 Å². The molecule has 1 aromatic heterocycles. The van der Waals surface area contributed by atoms with E-state index >= 15 is 0 Å². The lowest BCUT2D eigenvalue weighted by Crippen LogP contribution is -2.33. The molecule has 78 valence electrons. The van der Waals surface area contributed by atoms with E-state index in [-0.39, 0.29) is 4.90 Å². The second-order valence-electron chi connectivity index (χ2n) is 3.09. The normalized spacial score (nSPS) is 11.6. The van der Waals surface area contributed by atoms with Gasteiger partial charge in [-0.1, -0.05) is 13.3 Å². The number of aromatic nitrogens is 1. The SMILES string of the molecule is CCCC[n+]1cccc(S(=O)(=O)[O-])c1. The average Bonchev–Trinajstić information content (AvgIpc) is 2.14. The average molecular weight is 215 g/mol. The van der Waals surface area contributed by atoms with Crippen molar-refractivity contribution in [3.63, 3.8) is 0 Å². The van der Waals surface area contributed by atoms with E-state index in [1.807, 2.05) is 0 Å². The largest absolute Gasteiger partial charge is 0.744 e. The standard InChI is InChI=1S/C9H13NO3S/c1-2-3-6-10-7-4-5-9(8-10)14(11,12)13/h4-5,7-8H,2-3,6H2,1H3. The smallest absolute Gasteiger partial charge is 0.186 e. The van der Waals surface area contributed by atoms with E-state index in [1.54, 1.807) is 16.8 Å². The van der Waals surface area contributed by atoms with Crippen molar-refractivity contribution in [1.29, 1.82) is 0 Å². The van der Waals surface area contributed by atoms with E-state index in [2.05, 4.69) is 6.92 Å². The molecular weight excluding hydrogens is 202 g/mol. The molecule has 0 unspecified atom stereocenters. The van der Waals surface area contributed by atoms with Crippen LogP contribution in [0.4, 0.5) is 0 Å². The van der Waals surface area contributed by atoms with Crippen LogP contribution in [0.1, 0.15) is 19.8 Å². The molecule has 0 aliphatic rings. The molecule has 1 heterocycles. The molecular formula is C9H13NO3S. The quantitative estimate of drug-likeness (QED) is 0.548. The first-order chi connectivity index (χ1) is 6.54. The summed E-state index contributed by atoms with van der Waals surface area (Å²) in [6, 6.07) is 2.88. The van der Waals surface area contributed by atoms with Gasteiger partial charge < -0.3 is 4.55 Å². The van der Waals surface area contributed by atoms with E-state index in [4.69, 9.17) is 0 Å². The Kier molecular flexibility index (Phi) is 3.60. The number of hydrogen-bond donors (Lipinski definition) is 0. The number of aryl methyl sites for hydroxylation is 1. The van der Waals surface area contributed by atoms with Gasteiger partial charge in [0.15, 0.2) is 12.4 Å². The summed E-state index contributed by atoms with van der Waals surface area (Å²) < 4.78 is 33.8. The fraction of sp³-hybridized carbons (Fsp3) is 0.444. The van der Waals surface area contributed by atoms with E-state index in [1.165, 1.54) is 12.3 Å². The number of nitrogens with zero attached hydrogens (tertiary/aromatic N) is 1. The number of rotatable bonds is 4. The summed E-state index contributed by atoms with van der Waals surface area (Å²) in [5.74, 6) is 0. The molecule has 0 saturated carbocycles. The molecule has 1 rings (SSSR count). The highest BCUT2D eigenvalue weighted by Gasteiger charge is 2.06. The van der Waals surface area contributed by atoms with E-state index in [9.17, 15) is 13.0 Å². The predicted molar refractivity (Wildman–Crippen MR) is 49.5 cm³/mol. The minimum atomic E-state index is -4.32. The number of unbranched alkanes of at least 4 members (excludes halogenated alkanes) is 1. The monoisotopic (exact) mass is 215 g/mol. The van der Waals surface area contributed by atoms with Gasteiger partial charge in [0, 0.05) is 12.5 Å². The Balaban J connectivity index is 2.90. The van der Waals surface area contributed by atoms with Gasteiger partial charge in [0.2, 0.25) is 0 Å². The Morgan fingerprint density at radius 1 is 1.50 bits per heavy atom. The van der Waals surface area contributed by atoms with Gasteiger partial charge in [0.05, 0.1) is 0 Å². The molecule has 1 aromatic rings. The first kappa shape index (κ1) is 11.1. The highest BCUT2D eigenvalue weighted by Crippen LogP contribution is 2.03. The molecule has 4 nitrogen and oxygen atoms in total. The summed E-state index contributed by atoms with van der Waals surface area (Å²) in [6.07, 6.45) is 5.12. The number of pyridine rings is 1. The van der Waals surface area contributed by atoms with Gasteiger partial charge in [-0.2, -0.15) is 0 Å². The van der Waals surface area contributed by atoms with Crippen LogP contribution in [0, 0.1) is 0 Å². The van der Waals surface area contributed by atoms with Crippen LogP contribution in [0.15, 0.2) is 29.4 Å². The van der Waals surface area contributed by atoms with Crippen molar-refractivity contribution in [3.05, 3.63) is 24.5 Å². The van der Waals surface area contributed by atoms with Crippen molar-refractivity contribution < 1.29 is 17.5 Å². The molecule has 0 spiro atoms. The topological polar surface area (TPSA) is 61.1 Å². The zero-order valence-electron chi connectivity index (χ0n) is 8.01. The summed E-state index contributed by atoms with van der Waals surface area (Å²) in [5.41, 5.74) is 0. The maximum Gasteiger partial charge on any atom is 0.186 e. The lowest BCUT2D eigenvalue weighted by Gasteiger charge is -2.04. The predicted octanol–water partition coefficient (Wildman–Crippen LogP) is 0.678. The third-order valence-corrected chi connectivity index (χ3v) is 2.71. The highest BCUT2D eigenvalue weighted by atomic mass is 32.2. The number of hydrogen-bond acceptors (Lipinski definition) is 3. The van der Waals surface area contributed by atoms with Crippen LogP contribution in [0.25, 0.3) is 0 Å². The van der Waals surface area contributed by atoms with Crippen molar-refractivity contribution in [2.75, 3.05) is 0 Å². The van der Waals surface area contributed by atoms with Gasteiger partial charge in [-0.25, -0.2) is 13.0 Å². The zero-order valence-corrected chi connectivity index (χ0v) is 8.83. The molecule has 5 heteroatoms. The third kappa shape index (κ3) is 3.08. The lowest BCUT2D eigenvalue weighted by molar-refractivity contribution is -0.699. The van der Waals surface area contributed by atoms with Gasteiger partial charge in [0.25, 0.3) is 0 Å². The van der Waals surface area contributed by atoms with E-state index in [0.717, 1.165) is 19.4 Å². The summed E-state index contributed by atoms with van der Waals surface area (Å²) in [7, 11) is -4.32. The molecule has 0 radical (unpaired) electrons. The van der Waals surface area contributed by atoms with Gasteiger partial charge in [-0.05, 0) is 6.07 Å². The fourth-order valence-electron chi connectivity index (χ4n) is 1.13. The summed E-state index contributed by atoms with van der Waals surface area (Å²) in [5, 5.41) is 0. The molecule has 14 heavy (non-hydrogen) atoms. The van der Waals surface area contributed by atoms with Gasteiger partial charge in [0.1, 0.15) is 21.6 Å². The Hall–Kier alpha value is -0.940. The van der Waals surface area contributed by atoms with Crippen molar-refractivity contribution in [2.45, 2.75) is 31.2 Å². The Morgan fingerprint density at radius 2 is 2.21 bits per heavy atom. The minimum Gasteiger partial charge on any atom is -0.744 e. The first-order valence-corrected chi connectivity index (χ1v) is 5.90. The van der Waals surface area contributed by atoms with Gasteiger partial charge >= 0.3 is 0 Å². The highest BCUT2D eigenvalue weighted by molar-refractivity contribution is 7.85. The first-order valence-electron chi connectivity index (χ1n) is 4.49. The second kappa shape index (κ2) is 4.52. The van der Waals surface area contributed by atoms with Crippen LogP contribution in [0.2, 0.25) is 0 Å². The fourth-order valence-corrected chi connectivity index (χ4v) is 1.64. The van der Waals surface area contributed by atoms with E-state index < -0.39 is 10.1 Å². The molecule has 0 fully saturated rings. The maximum atomic E-state index is 10.7. The second-order valence-corrected chi connectivity index (χ2v) is 4.46. The minimum absolute atomic E-state index is 0.170. The maximum absolute atomic E-state index is 10.7. The zero-order chi connectivity index (χ0) is 10.6. The third-order valence-electron chi connectivity index (χ3n) is 1.89. The molecule has 0 aliphatic heterocycles. The van der Waals surface area contributed by atoms with Gasteiger partial charge in [-0.3, -0.25) is 0 Å². The van der Waals surface area contributed by atoms with Crippen molar-refractivity contribution in [2.24, 2.45) is 0 Å². The lowest BCUT2D eigenvalue weighted by atomic mass is 10.3. The molecule has 0 amide bonds. The summed E-state index contributed by atoms with van der Waals surface area (Å²) in [4.78, 5) is -0.170. The molecule has 0 atom stereocenters. The molecule has 0 N–H and O–H groups in total. The van der Waals surface area contributed by atoms with Crippen LogP contribution < -0.4 is 4.57 Å². The Morgan fingerprint density at radius 3 is 2.79 bits per heavy atom.